The Morgan fingerprint density at radius 1 is 1.10 bits per heavy atom. The van der Waals surface area contributed by atoms with E-state index < -0.39 is 0 Å². The van der Waals surface area contributed by atoms with Crippen LogP contribution in [0.5, 0.6) is 0 Å². The van der Waals surface area contributed by atoms with E-state index in [1.807, 2.05) is 36.5 Å². The molecule has 0 fully saturated rings. The molecule has 2 aromatic carbocycles. The van der Waals surface area contributed by atoms with Gasteiger partial charge in [-0.3, -0.25) is 0 Å². The summed E-state index contributed by atoms with van der Waals surface area (Å²) < 4.78 is 15.0. The molecule has 21 heavy (non-hydrogen) atoms. The number of benzene rings is 2. The van der Waals surface area contributed by atoms with Crippen LogP contribution in [0.3, 0.4) is 0 Å². The zero-order valence-electron chi connectivity index (χ0n) is 11.0. The molecule has 0 aliphatic heterocycles. The van der Waals surface area contributed by atoms with Gasteiger partial charge in [-0.1, -0.05) is 42.5 Å². The molecule has 3 rings (SSSR count). The van der Waals surface area contributed by atoms with Crippen molar-refractivity contribution in [3.63, 3.8) is 0 Å². The zero-order chi connectivity index (χ0) is 14.8. The van der Waals surface area contributed by atoms with E-state index in [1.165, 1.54) is 12.1 Å². The van der Waals surface area contributed by atoms with Crippen molar-refractivity contribution in [3.05, 3.63) is 72.3 Å². The Bertz CT molecular complexity index is 796. The molecular weight excluding hydrogens is 285 g/mol. The first kappa shape index (κ1) is 13.5. The SMILES string of the molecule is NC(=S)c1cc(F)ccc1-n1cc(-c2ccccc2)cn1. The quantitative estimate of drug-likeness (QED) is 0.754. The molecule has 0 atom stereocenters. The van der Waals surface area contributed by atoms with Crippen LogP contribution < -0.4 is 5.73 Å². The maximum Gasteiger partial charge on any atom is 0.124 e. The Kier molecular flexibility index (Phi) is 3.50. The van der Waals surface area contributed by atoms with Crippen molar-refractivity contribution in [1.29, 1.82) is 0 Å². The highest BCUT2D eigenvalue weighted by atomic mass is 32.1. The molecule has 0 saturated heterocycles. The first-order valence-corrected chi connectivity index (χ1v) is 6.76. The van der Waals surface area contributed by atoms with Crippen LogP contribution in [-0.2, 0) is 0 Å². The second kappa shape index (κ2) is 5.46. The molecule has 0 radical (unpaired) electrons. The van der Waals surface area contributed by atoms with Crippen LogP contribution in [-0.4, -0.2) is 14.8 Å². The van der Waals surface area contributed by atoms with Crippen LogP contribution >= 0.6 is 12.2 Å². The number of rotatable bonds is 3. The van der Waals surface area contributed by atoms with Crippen LogP contribution in [0.25, 0.3) is 16.8 Å². The van der Waals surface area contributed by atoms with Crippen LogP contribution in [0.15, 0.2) is 60.9 Å². The van der Waals surface area contributed by atoms with E-state index in [0.29, 0.717) is 11.3 Å². The minimum atomic E-state index is -0.378. The first-order chi connectivity index (χ1) is 10.1. The molecule has 104 valence electrons. The molecule has 5 heteroatoms. The third-order valence-corrected chi connectivity index (χ3v) is 3.38. The molecule has 0 spiro atoms. The molecule has 3 aromatic rings. The monoisotopic (exact) mass is 297 g/mol. The Balaban J connectivity index is 2.07. The molecule has 2 N–H and O–H groups in total. The van der Waals surface area contributed by atoms with Crippen LogP contribution in [0, 0.1) is 5.82 Å². The molecule has 0 aliphatic rings. The standard InChI is InChI=1S/C16H12FN3S/c17-13-6-7-15(14(8-13)16(18)21)20-10-12(9-19-20)11-4-2-1-3-5-11/h1-10H,(H2,18,21). The van der Waals surface area contributed by atoms with Crippen molar-refractivity contribution in [2.24, 2.45) is 5.73 Å². The van der Waals surface area contributed by atoms with Crippen molar-refractivity contribution < 1.29 is 4.39 Å². The number of hydrogen-bond acceptors (Lipinski definition) is 2. The Morgan fingerprint density at radius 3 is 2.57 bits per heavy atom. The topological polar surface area (TPSA) is 43.8 Å². The smallest absolute Gasteiger partial charge is 0.124 e. The van der Waals surface area contributed by atoms with E-state index in [1.54, 1.807) is 16.9 Å². The van der Waals surface area contributed by atoms with Gasteiger partial charge in [0.2, 0.25) is 0 Å². The Morgan fingerprint density at radius 2 is 1.86 bits per heavy atom. The molecule has 0 saturated carbocycles. The number of thiocarbonyl (C=S) groups is 1. The highest BCUT2D eigenvalue weighted by molar-refractivity contribution is 7.80. The van der Waals surface area contributed by atoms with Gasteiger partial charge in [0.15, 0.2) is 0 Å². The van der Waals surface area contributed by atoms with Gasteiger partial charge in [-0.25, -0.2) is 9.07 Å². The molecule has 1 heterocycles. The lowest BCUT2D eigenvalue weighted by atomic mass is 10.1. The summed E-state index contributed by atoms with van der Waals surface area (Å²) in [6, 6.07) is 14.2. The van der Waals surface area contributed by atoms with Gasteiger partial charge in [-0.15, -0.1) is 0 Å². The van der Waals surface area contributed by atoms with E-state index in [9.17, 15) is 4.39 Å². The average Bonchev–Trinajstić information content (AvgIpc) is 2.97. The van der Waals surface area contributed by atoms with Crippen molar-refractivity contribution in [2.45, 2.75) is 0 Å². The highest BCUT2D eigenvalue weighted by Crippen LogP contribution is 2.21. The summed E-state index contributed by atoms with van der Waals surface area (Å²) in [4.78, 5) is 0.140. The summed E-state index contributed by atoms with van der Waals surface area (Å²) in [6.45, 7) is 0. The van der Waals surface area contributed by atoms with Gasteiger partial charge in [-0.05, 0) is 23.8 Å². The summed E-state index contributed by atoms with van der Waals surface area (Å²) in [6.07, 6.45) is 3.62. The van der Waals surface area contributed by atoms with Crippen molar-refractivity contribution >= 4 is 17.2 Å². The highest BCUT2D eigenvalue weighted by Gasteiger charge is 2.10. The average molecular weight is 297 g/mol. The summed E-state index contributed by atoms with van der Waals surface area (Å²) in [5.41, 5.74) is 8.81. The lowest BCUT2D eigenvalue weighted by Crippen LogP contribution is -2.14. The third-order valence-electron chi connectivity index (χ3n) is 3.16. The van der Waals surface area contributed by atoms with E-state index in [2.05, 4.69) is 5.10 Å². The zero-order valence-corrected chi connectivity index (χ0v) is 11.8. The molecule has 0 amide bonds. The van der Waals surface area contributed by atoms with Crippen molar-refractivity contribution in [2.75, 3.05) is 0 Å². The minimum Gasteiger partial charge on any atom is -0.389 e. The summed E-state index contributed by atoms with van der Waals surface area (Å²) in [5, 5.41) is 4.31. The van der Waals surface area contributed by atoms with Gasteiger partial charge in [0, 0.05) is 17.3 Å². The molecule has 0 bridgehead atoms. The minimum absolute atomic E-state index is 0.140. The molecule has 0 unspecified atom stereocenters. The normalized spacial score (nSPS) is 10.5. The summed E-state index contributed by atoms with van der Waals surface area (Å²) >= 11 is 4.98. The molecular formula is C16H12FN3S. The van der Waals surface area contributed by atoms with Crippen LogP contribution in [0.2, 0.25) is 0 Å². The fourth-order valence-electron chi connectivity index (χ4n) is 2.14. The van der Waals surface area contributed by atoms with Gasteiger partial charge >= 0.3 is 0 Å². The van der Waals surface area contributed by atoms with Crippen LogP contribution in [0.1, 0.15) is 5.56 Å². The lowest BCUT2D eigenvalue weighted by molar-refractivity contribution is 0.626. The maximum absolute atomic E-state index is 13.3. The van der Waals surface area contributed by atoms with E-state index >= 15 is 0 Å². The fraction of sp³-hybridized carbons (Fsp3) is 0. The molecule has 3 nitrogen and oxygen atoms in total. The number of nitrogens with two attached hydrogens (primary N) is 1. The number of aromatic nitrogens is 2. The first-order valence-electron chi connectivity index (χ1n) is 6.35. The van der Waals surface area contributed by atoms with Crippen LogP contribution in [0.4, 0.5) is 4.39 Å². The van der Waals surface area contributed by atoms with Crippen molar-refractivity contribution in [3.8, 4) is 16.8 Å². The second-order valence-electron chi connectivity index (χ2n) is 4.57. The number of hydrogen-bond donors (Lipinski definition) is 1. The van der Waals surface area contributed by atoms with Gasteiger partial charge in [0.05, 0.1) is 11.9 Å². The number of nitrogens with zero attached hydrogens (tertiary/aromatic N) is 2. The van der Waals surface area contributed by atoms with Gasteiger partial charge in [0.25, 0.3) is 0 Å². The molecule has 0 aliphatic carbocycles. The van der Waals surface area contributed by atoms with Gasteiger partial charge in [0.1, 0.15) is 10.8 Å². The predicted molar refractivity (Wildman–Crippen MR) is 84.8 cm³/mol. The fourth-order valence-corrected chi connectivity index (χ4v) is 2.30. The summed E-state index contributed by atoms with van der Waals surface area (Å²) in [5.74, 6) is -0.378. The molecule has 1 aromatic heterocycles. The van der Waals surface area contributed by atoms with E-state index in [0.717, 1.165) is 11.1 Å². The predicted octanol–water partition coefficient (Wildman–Crippen LogP) is 3.31. The van der Waals surface area contributed by atoms with Gasteiger partial charge < -0.3 is 5.73 Å². The second-order valence-corrected chi connectivity index (χ2v) is 5.01. The summed E-state index contributed by atoms with van der Waals surface area (Å²) in [7, 11) is 0. The van der Waals surface area contributed by atoms with E-state index in [-0.39, 0.29) is 10.8 Å². The Hall–Kier alpha value is -2.53. The van der Waals surface area contributed by atoms with E-state index in [4.69, 9.17) is 18.0 Å². The third kappa shape index (κ3) is 2.68. The largest absolute Gasteiger partial charge is 0.389 e. The maximum atomic E-state index is 13.3. The number of halogens is 1. The van der Waals surface area contributed by atoms with Crippen molar-refractivity contribution in [1.82, 2.24) is 9.78 Å². The van der Waals surface area contributed by atoms with Gasteiger partial charge in [-0.2, -0.15) is 5.10 Å². The lowest BCUT2D eigenvalue weighted by Gasteiger charge is -2.08. The Labute approximate surface area is 126 Å².